The maximum atomic E-state index is 12.6. The molecular formula is C30H34O10. The van der Waals surface area contributed by atoms with Crippen molar-refractivity contribution in [2.75, 3.05) is 33.5 Å². The van der Waals surface area contributed by atoms with E-state index in [1.54, 1.807) is 31.4 Å². The molecule has 10 heteroatoms. The molecule has 0 amide bonds. The highest BCUT2D eigenvalue weighted by Crippen LogP contribution is 2.30. The first kappa shape index (κ1) is 29.3. The van der Waals surface area contributed by atoms with Gasteiger partial charge in [0.2, 0.25) is 0 Å². The summed E-state index contributed by atoms with van der Waals surface area (Å²) in [5.74, 6) is -0.493. The molecule has 2 aromatic rings. The van der Waals surface area contributed by atoms with Gasteiger partial charge < -0.3 is 33.2 Å². The molecule has 2 fully saturated rings. The number of unbranched alkanes of at least 4 members (excludes halogenated alkanes) is 3. The molecule has 2 saturated heterocycles. The third-order valence-electron chi connectivity index (χ3n) is 6.63. The molecule has 2 unspecified atom stereocenters. The van der Waals surface area contributed by atoms with Crippen molar-refractivity contribution >= 4 is 17.9 Å². The van der Waals surface area contributed by atoms with Crippen molar-refractivity contribution in [3.8, 4) is 11.5 Å². The van der Waals surface area contributed by atoms with E-state index in [0.29, 0.717) is 42.4 Å². The van der Waals surface area contributed by atoms with Gasteiger partial charge in [-0.1, -0.05) is 6.58 Å². The van der Waals surface area contributed by atoms with Gasteiger partial charge in [-0.15, -0.1) is 0 Å². The first-order valence-electron chi connectivity index (χ1n) is 13.3. The Morgan fingerprint density at radius 2 is 1.38 bits per heavy atom. The number of carbonyl (C=O) groups excluding carboxylic acids is 3. The molecule has 2 aromatic carbocycles. The second kappa shape index (κ2) is 14.6. The van der Waals surface area contributed by atoms with Gasteiger partial charge in [0.05, 0.1) is 37.6 Å². The summed E-state index contributed by atoms with van der Waals surface area (Å²) in [4.78, 5) is 36.1. The van der Waals surface area contributed by atoms with E-state index in [0.717, 1.165) is 31.8 Å². The van der Waals surface area contributed by atoms with Crippen LogP contribution >= 0.6 is 0 Å². The Hall–Kier alpha value is -3.73. The van der Waals surface area contributed by atoms with E-state index in [1.165, 1.54) is 24.3 Å². The third-order valence-corrected chi connectivity index (χ3v) is 6.63. The van der Waals surface area contributed by atoms with Crippen molar-refractivity contribution in [3.05, 3.63) is 72.3 Å². The molecule has 4 atom stereocenters. The average Bonchev–Trinajstić information content (AvgIpc) is 3.57. The van der Waals surface area contributed by atoms with Crippen molar-refractivity contribution < 1.29 is 47.5 Å². The second-order valence-corrected chi connectivity index (χ2v) is 9.39. The van der Waals surface area contributed by atoms with Crippen molar-refractivity contribution in [2.45, 2.75) is 50.1 Å². The van der Waals surface area contributed by atoms with Crippen LogP contribution < -0.4 is 9.47 Å². The lowest BCUT2D eigenvalue weighted by molar-refractivity contribution is -0.137. The van der Waals surface area contributed by atoms with E-state index in [4.69, 9.17) is 33.2 Å². The smallest absolute Gasteiger partial charge is 0.343 e. The van der Waals surface area contributed by atoms with Crippen LogP contribution in [0.3, 0.4) is 0 Å². The molecule has 40 heavy (non-hydrogen) atoms. The summed E-state index contributed by atoms with van der Waals surface area (Å²) in [5.41, 5.74) is 0.689. The molecule has 10 nitrogen and oxygen atoms in total. The van der Waals surface area contributed by atoms with Crippen molar-refractivity contribution in [1.29, 1.82) is 0 Å². The molecule has 2 heterocycles. The van der Waals surface area contributed by atoms with Crippen LogP contribution in [0.1, 0.15) is 46.4 Å². The van der Waals surface area contributed by atoms with Crippen LogP contribution in [0.25, 0.3) is 0 Å². The van der Waals surface area contributed by atoms with Crippen molar-refractivity contribution in [1.82, 2.24) is 0 Å². The Balaban J connectivity index is 1.16. The van der Waals surface area contributed by atoms with Gasteiger partial charge in [-0.3, -0.25) is 0 Å². The van der Waals surface area contributed by atoms with Crippen LogP contribution in [0.2, 0.25) is 0 Å². The highest BCUT2D eigenvalue weighted by molar-refractivity contribution is 5.92. The highest BCUT2D eigenvalue weighted by atomic mass is 16.7. The van der Waals surface area contributed by atoms with E-state index in [2.05, 4.69) is 6.58 Å². The van der Waals surface area contributed by atoms with Crippen LogP contribution in [-0.4, -0.2) is 75.9 Å². The molecule has 0 bridgehead atoms. The van der Waals surface area contributed by atoms with Crippen LogP contribution in [0, 0.1) is 0 Å². The van der Waals surface area contributed by atoms with E-state index in [9.17, 15) is 14.4 Å². The zero-order chi connectivity index (χ0) is 28.3. The monoisotopic (exact) mass is 554 g/mol. The predicted octanol–water partition coefficient (Wildman–Crippen LogP) is 3.91. The number of esters is 3. The lowest BCUT2D eigenvalue weighted by atomic mass is 10.1. The van der Waals surface area contributed by atoms with E-state index in [1.807, 2.05) is 0 Å². The summed E-state index contributed by atoms with van der Waals surface area (Å²) >= 11 is 0. The van der Waals surface area contributed by atoms with Crippen molar-refractivity contribution in [2.24, 2.45) is 0 Å². The Labute approximate surface area is 233 Å². The summed E-state index contributed by atoms with van der Waals surface area (Å²) in [5, 5.41) is 0. The fourth-order valence-electron chi connectivity index (χ4n) is 4.43. The standard InChI is InChI=1S/C30H34O10/c1-3-26(31)36-17-7-5-4-6-16-35-22-12-8-20(9-13-22)29(32)39-23-14-10-21(11-15-23)30(33)40-25-19-38-27-24(34-2)18-37-28(25)27/h3,8-15,24-25,27-28H,1,4-7,16-19H2,2H3/t24-,25+,27?,28?/m1/s1. The largest absolute Gasteiger partial charge is 0.494 e. The third kappa shape index (κ3) is 7.91. The molecule has 0 radical (unpaired) electrons. The van der Waals surface area contributed by atoms with Crippen LogP contribution in [-0.2, 0) is 28.5 Å². The molecule has 0 N–H and O–H groups in total. The number of rotatable bonds is 14. The minimum absolute atomic E-state index is 0.171. The Morgan fingerprint density at radius 3 is 2.02 bits per heavy atom. The molecule has 0 aliphatic carbocycles. The SMILES string of the molecule is C=CC(=O)OCCCCCCOc1ccc(C(=O)Oc2ccc(C(=O)O[C@H]3COC4C3OC[C@H]4OC)cc2)cc1. The Kier molecular flexibility index (Phi) is 10.7. The summed E-state index contributed by atoms with van der Waals surface area (Å²) in [6.45, 7) is 4.93. The molecule has 4 rings (SSSR count). The minimum atomic E-state index is -0.528. The number of hydrogen-bond acceptors (Lipinski definition) is 10. The van der Waals surface area contributed by atoms with Gasteiger partial charge in [0.25, 0.3) is 0 Å². The first-order chi connectivity index (χ1) is 19.5. The fourth-order valence-corrected chi connectivity index (χ4v) is 4.43. The van der Waals surface area contributed by atoms with E-state index >= 15 is 0 Å². The summed E-state index contributed by atoms with van der Waals surface area (Å²) < 4.78 is 38.4. The second-order valence-electron chi connectivity index (χ2n) is 9.39. The molecule has 2 aliphatic heterocycles. The maximum absolute atomic E-state index is 12.6. The van der Waals surface area contributed by atoms with Crippen LogP contribution in [0.4, 0.5) is 0 Å². The van der Waals surface area contributed by atoms with Crippen LogP contribution in [0.5, 0.6) is 11.5 Å². The molecule has 0 saturated carbocycles. The Bertz CT molecular complexity index is 1140. The number of hydrogen-bond donors (Lipinski definition) is 0. The number of ether oxygens (including phenoxy) is 7. The highest BCUT2D eigenvalue weighted by Gasteiger charge is 2.49. The lowest BCUT2D eigenvalue weighted by Crippen LogP contribution is -2.34. The van der Waals surface area contributed by atoms with E-state index in [-0.39, 0.29) is 24.9 Å². The first-order valence-corrected chi connectivity index (χ1v) is 13.3. The molecule has 0 spiro atoms. The number of fused-ring (bicyclic) bond motifs is 1. The summed E-state index contributed by atoms with van der Waals surface area (Å²) in [7, 11) is 1.60. The van der Waals surface area contributed by atoms with Gasteiger partial charge in [0.15, 0.2) is 6.10 Å². The van der Waals surface area contributed by atoms with Crippen molar-refractivity contribution in [3.63, 3.8) is 0 Å². The minimum Gasteiger partial charge on any atom is -0.494 e. The van der Waals surface area contributed by atoms with Gasteiger partial charge in [-0.25, -0.2) is 14.4 Å². The molecular weight excluding hydrogens is 520 g/mol. The number of methoxy groups -OCH3 is 1. The quantitative estimate of drug-likeness (QED) is 0.147. The fraction of sp³-hybridized carbons (Fsp3) is 0.433. The van der Waals surface area contributed by atoms with Gasteiger partial charge in [0, 0.05) is 13.2 Å². The van der Waals surface area contributed by atoms with E-state index < -0.39 is 24.0 Å². The van der Waals surface area contributed by atoms with Gasteiger partial charge >= 0.3 is 17.9 Å². The topological polar surface area (TPSA) is 116 Å². The summed E-state index contributed by atoms with van der Waals surface area (Å²) in [6, 6.07) is 12.8. The maximum Gasteiger partial charge on any atom is 0.343 e. The average molecular weight is 555 g/mol. The predicted molar refractivity (Wildman–Crippen MR) is 142 cm³/mol. The number of benzene rings is 2. The zero-order valence-corrected chi connectivity index (χ0v) is 22.5. The normalized spacial score (nSPS) is 21.3. The van der Waals surface area contributed by atoms with Crippen LogP contribution in [0.15, 0.2) is 61.2 Å². The number of carbonyl (C=O) groups is 3. The molecule has 214 valence electrons. The zero-order valence-electron chi connectivity index (χ0n) is 22.5. The van der Waals surface area contributed by atoms with Gasteiger partial charge in [-0.05, 0) is 74.2 Å². The lowest BCUT2D eigenvalue weighted by Gasteiger charge is -2.16. The molecule has 2 aliphatic rings. The summed E-state index contributed by atoms with van der Waals surface area (Å²) in [6.07, 6.45) is 3.42. The van der Waals surface area contributed by atoms with Gasteiger partial charge in [-0.2, -0.15) is 0 Å². The van der Waals surface area contributed by atoms with Gasteiger partial charge in [0.1, 0.15) is 29.8 Å². The Morgan fingerprint density at radius 1 is 0.800 bits per heavy atom. The molecule has 0 aromatic heterocycles.